The van der Waals surface area contributed by atoms with Crippen LogP contribution in [0, 0.1) is 0 Å². The Kier molecular flexibility index (Phi) is 6.06. The number of para-hydroxylation sites is 1. The molecule has 0 spiro atoms. The van der Waals surface area contributed by atoms with Crippen LogP contribution in [0.2, 0.25) is 0 Å². The van der Waals surface area contributed by atoms with Gasteiger partial charge in [0.15, 0.2) is 6.10 Å². The van der Waals surface area contributed by atoms with Gasteiger partial charge < -0.3 is 20.3 Å². The van der Waals surface area contributed by atoms with Crippen LogP contribution < -0.4 is 10.5 Å². The third-order valence-corrected chi connectivity index (χ3v) is 2.05. The van der Waals surface area contributed by atoms with Crippen molar-refractivity contribution in [3.05, 3.63) is 30.3 Å². The molecule has 1 aromatic rings. The fraction of sp³-hybridized carbons (Fsp3) is 0.417. The predicted octanol–water partition coefficient (Wildman–Crippen LogP) is 0.318. The smallest absolute Gasteiger partial charge is 0.335 e. The van der Waals surface area contributed by atoms with Crippen LogP contribution in [-0.4, -0.2) is 36.9 Å². The lowest BCUT2D eigenvalue weighted by Crippen LogP contribution is -2.27. The SMILES string of the molecule is NCCC(O)C(=O)OCCOc1ccccc1. The molecule has 0 aliphatic carbocycles. The van der Waals surface area contributed by atoms with E-state index in [1.54, 1.807) is 0 Å². The number of ether oxygens (including phenoxy) is 2. The molecule has 0 aromatic heterocycles. The van der Waals surface area contributed by atoms with E-state index in [0.29, 0.717) is 5.75 Å². The molecule has 17 heavy (non-hydrogen) atoms. The van der Waals surface area contributed by atoms with Crippen molar-refractivity contribution in [2.45, 2.75) is 12.5 Å². The summed E-state index contributed by atoms with van der Waals surface area (Å²) in [5.41, 5.74) is 5.21. The lowest BCUT2D eigenvalue weighted by atomic mass is 10.2. The van der Waals surface area contributed by atoms with Crippen molar-refractivity contribution in [3.63, 3.8) is 0 Å². The van der Waals surface area contributed by atoms with E-state index in [4.69, 9.17) is 15.2 Å². The van der Waals surface area contributed by atoms with Crippen molar-refractivity contribution in [2.75, 3.05) is 19.8 Å². The first-order chi connectivity index (χ1) is 8.24. The summed E-state index contributed by atoms with van der Waals surface area (Å²) in [6.45, 7) is 0.608. The quantitative estimate of drug-likeness (QED) is 0.529. The third-order valence-electron chi connectivity index (χ3n) is 2.05. The van der Waals surface area contributed by atoms with E-state index in [0.717, 1.165) is 0 Å². The molecule has 0 amide bonds. The second kappa shape index (κ2) is 7.65. The molecule has 1 atom stereocenters. The molecule has 5 heteroatoms. The number of hydrogen-bond donors (Lipinski definition) is 2. The zero-order chi connectivity index (χ0) is 12.5. The number of benzene rings is 1. The Bertz CT molecular complexity index is 329. The van der Waals surface area contributed by atoms with Crippen molar-refractivity contribution in [1.82, 2.24) is 0 Å². The second-order valence-electron chi connectivity index (χ2n) is 3.42. The second-order valence-corrected chi connectivity index (χ2v) is 3.42. The summed E-state index contributed by atoms with van der Waals surface area (Å²) in [6, 6.07) is 9.21. The third kappa shape index (κ3) is 5.33. The largest absolute Gasteiger partial charge is 0.490 e. The molecule has 1 rings (SSSR count). The average Bonchev–Trinajstić information content (AvgIpc) is 2.36. The zero-order valence-corrected chi connectivity index (χ0v) is 9.54. The molecule has 0 saturated heterocycles. The first-order valence-electron chi connectivity index (χ1n) is 5.46. The van der Waals surface area contributed by atoms with Gasteiger partial charge in [-0.2, -0.15) is 0 Å². The van der Waals surface area contributed by atoms with E-state index in [1.165, 1.54) is 0 Å². The molecule has 3 N–H and O–H groups in total. The van der Waals surface area contributed by atoms with Crippen molar-refractivity contribution in [2.24, 2.45) is 5.73 Å². The van der Waals surface area contributed by atoms with Crippen LogP contribution in [0.3, 0.4) is 0 Å². The summed E-state index contributed by atoms with van der Waals surface area (Å²) in [5.74, 6) is 0.0539. The Morgan fingerprint density at radius 3 is 2.65 bits per heavy atom. The van der Waals surface area contributed by atoms with E-state index >= 15 is 0 Å². The van der Waals surface area contributed by atoms with Crippen molar-refractivity contribution in [3.8, 4) is 5.75 Å². The maximum absolute atomic E-state index is 11.2. The van der Waals surface area contributed by atoms with Crippen LogP contribution in [0.1, 0.15) is 6.42 Å². The number of rotatable bonds is 7. The first-order valence-corrected chi connectivity index (χ1v) is 5.46. The van der Waals surface area contributed by atoms with Gasteiger partial charge in [0.2, 0.25) is 0 Å². The minimum absolute atomic E-state index is 0.107. The molecule has 0 bridgehead atoms. The van der Waals surface area contributed by atoms with Gasteiger partial charge in [0.05, 0.1) is 0 Å². The van der Waals surface area contributed by atoms with Gasteiger partial charge >= 0.3 is 5.97 Å². The number of nitrogens with two attached hydrogens (primary N) is 1. The molecule has 0 heterocycles. The number of esters is 1. The molecule has 0 fully saturated rings. The van der Waals surface area contributed by atoms with E-state index in [2.05, 4.69) is 0 Å². The topological polar surface area (TPSA) is 81.8 Å². The van der Waals surface area contributed by atoms with E-state index in [9.17, 15) is 9.90 Å². The highest BCUT2D eigenvalue weighted by atomic mass is 16.6. The number of carbonyl (C=O) groups is 1. The summed E-state index contributed by atoms with van der Waals surface area (Å²) in [5, 5.41) is 9.24. The van der Waals surface area contributed by atoms with Gasteiger partial charge in [-0.15, -0.1) is 0 Å². The summed E-state index contributed by atoms with van der Waals surface area (Å²) >= 11 is 0. The number of aliphatic hydroxyl groups is 1. The van der Waals surface area contributed by atoms with E-state index < -0.39 is 12.1 Å². The normalized spacial score (nSPS) is 11.9. The molecule has 1 aromatic carbocycles. The highest BCUT2D eigenvalue weighted by Crippen LogP contribution is 2.07. The van der Waals surface area contributed by atoms with Gasteiger partial charge in [0.1, 0.15) is 19.0 Å². The molecule has 0 aliphatic rings. The fourth-order valence-electron chi connectivity index (χ4n) is 1.19. The lowest BCUT2D eigenvalue weighted by molar-refractivity contribution is -0.154. The van der Waals surface area contributed by atoms with Crippen molar-refractivity contribution >= 4 is 5.97 Å². The fourth-order valence-corrected chi connectivity index (χ4v) is 1.19. The first kappa shape index (κ1) is 13.5. The highest BCUT2D eigenvalue weighted by Gasteiger charge is 2.14. The maximum atomic E-state index is 11.2. The maximum Gasteiger partial charge on any atom is 0.335 e. The van der Waals surface area contributed by atoms with Crippen molar-refractivity contribution in [1.29, 1.82) is 0 Å². The van der Waals surface area contributed by atoms with Crippen LogP contribution in [0.5, 0.6) is 5.75 Å². The number of carbonyl (C=O) groups excluding carboxylic acids is 1. The van der Waals surface area contributed by atoms with E-state index in [1.807, 2.05) is 30.3 Å². The van der Waals surface area contributed by atoms with Crippen LogP contribution >= 0.6 is 0 Å². The molecular formula is C12H17NO4. The monoisotopic (exact) mass is 239 g/mol. The van der Waals surface area contributed by atoms with Crippen LogP contribution in [0.4, 0.5) is 0 Å². The van der Waals surface area contributed by atoms with Gasteiger partial charge in [0, 0.05) is 0 Å². The Labute approximate surface area is 100 Å². The molecule has 94 valence electrons. The molecule has 0 aliphatic heterocycles. The Morgan fingerprint density at radius 1 is 1.29 bits per heavy atom. The summed E-state index contributed by atoms with van der Waals surface area (Å²) in [4.78, 5) is 11.2. The molecule has 0 saturated carbocycles. The summed E-state index contributed by atoms with van der Waals surface area (Å²) in [7, 11) is 0. The Morgan fingerprint density at radius 2 is 2.00 bits per heavy atom. The van der Waals surface area contributed by atoms with E-state index in [-0.39, 0.29) is 26.2 Å². The van der Waals surface area contributed by atoms with Crippen LogP contribution in [0.25, 0.3) is 0 Å². The predicted molar refractivity (Wildman–Crippen MR) is 62.6 cm³/mol. The summed E-state index contributed by atoms with van der Waals surface area (Å²) < 4.78 is 10.1. The Hall–Kier alpha value is -1.59. The number of aliphatic hydroxyl groups excluding tert-OH is 1. The molecular weight excluding hydrogens is 222 g/mol. The average molecular weight is 239 g/mol. The van der Waals surface area contributed by atoms with Gasteiger partial charge in [-0.05, 0) is 25.1 Å². The standard InChI is InChI=1S/C12H17NO4/c13-7-6-11(14)12(15)17-9-8-16-10-4-2-1-3-5-10/h1-5,11,14H,6-9,13H2. The van der Waals surface area contributed by atoms with Gasteiger partial charge in [-0.25, -0.2) is 4.79 Å². The van der Waals surface area contributed by atoms with Crippen LogP contribution in [-0.2, 0) is 9.53 Å². The molecule has 1 unspecified atom stereocenters. The minimum Gasteiger partial charge on any atom is -0.490 e. The lowest BCUT2D eigenvalue weighted by Gasteiger charge is -2.10. The van der Waals surface area contributed by atoms with Crippen molar-refractivity contribution < 1.29 is 19.4 Å². The number of hydrogen-bond acceptors (Lipinski definition) is 5. The van der Waals surface area contributed by atoms with Gasteiger partial charge in [0.25, 0.3) is 0 Å². The van der Waals surface area contributed by atoms with Gasteiger partial charge in [-0.1, -0.05) is 18.2 Å². The molecule has 0 radical (unpaired) electrons. The van der Waals surface area contributed by atoms with Crippen LogP contribution in [0.15, 0.2) is 30.3 Å². The summed E-state index contributed by atoms with van der Waals surface area (Å²) in [6.07, 6.45) is -0.935. The molecule has 5 nitrogen and oxygen atoms in total. The Balaban J connectivity index is 2.14. The van der Waals surface area contributed by atoms with Gasteiger partial charge in [-0.3, -0.25) is 0 Å². The minimum atomic E-state index is -1.14. The highest BCUT2D eigenvalue weighted by molar-refractivity contribution is 5.74. The zero-order valence-electron chi connectivity index (χ0n) is 9.54.